The summed E-state index contributed by atoms with van der Waals surface area (Å²) in [6.07, 6.45) is -5.30. The van der Waals surface area contributed by atoms with Crippen LogP contribution >= 0.6 is 11.6 Å². The van der Waals surface area contributed by atoms with Gasteiger partial charge in [-0.25, -0.2) is 4.79 Å². The molecule has 32 heavy (non-hydrogen) atoms. The molecule has 178 valence electrons. The third kappa shape index (κ3) is 7.24. The van der Waals surface area contributed by atoms with E-state index in [9.17, 15) is 27.6 Å². The molecular weight excluding hydrogens is 457 g/mol. The van der Waals surface area contributed by atoms with Crippen molar-refractivity contribution >= 4 is 29.4 Å². The second kappa shape index (κ2) is 11.3. The van der Waals surface area contributed by atoms with Gasteiger partial charge < -0.3 is 25.0 Å². The van der Waals surface area contributed by atoms with Gasteiger partial charge in [0.05, 0.1) is 10.6 Å². The summed E-state index contributed by atoms with van der Waals surface area (Å²) >= 11 is 5.92. The number of halogens is 4. The number of alkyl halides is 3. The van der Waals surface area contributed by atoms with Crippen LogP contribution in [0.3, 0.4) is 0 Å². The van der Waals surface area contributed by atoms with Gasteiger partial charge in [0, 0.05) is 53.4 Å². The number of hydrogen-bond acceptors (Lipinski definition) is 7. The summed E-state index contributed by atoms with van der Waals surface area (Å²) in [5, 5.41) is 5.45. The normalized spacial score (nSPS) is 14.6. The lowest BCUT2D eigenvalue weighted by Gasteiger charge is -2.27. The highest BCUT2D eigenvalue weighted by Gasteiger charge is 2.42. The molecule has 0 bridgehead atoms. The minimum atomic E-state index is -5.30. The number of likely N-dealkylation sites (N-methyl/N-ethyl adjacent to an activating group) is 1. The lowest BCUT2D eigenvalue weighted by atomic mass is 10.1. The summed E-state index contributed by atoms with van der Waals surface area (Å²) in [6, 6.07) is 2.31. The summed E-state index contributed by atoms with van der Waals surface area (Å²) in [5.41, 5.74) is -0.230. The Hall–Kier alpha value is -2.57. The molecule has 1 saturated heterocycles. The summed E-state index contributed by atoms with van der Waals surface area (Å²) in [6.45, 7) is 3.49. The van der Waals surface area contributed by atoms with E-state index in [1.165, 1.54) is 25.1 Å². The number of rotatable bonds is 8. The zero-order valence-electron chi connectivity index (χ0n) is 17.6. The van der Waals surface area contributed by atoms with Gasteiger partial charge >= 0.3 is 12.1 Å². The molecule has 1 fully saturated rings. The highest BCUT2D eigenvalue weighted by molar-refractivity contribution is 6.32. The Morgan fingerprint density at radius 1 is 1.19 bits per heavy atom. The molecule has 1 aliphatic heterocycles. The molecule has 0 radical (unpaired) electrons. The maximum absolute atomic E-state index is 12.7. The Labute approximate surface area is 187 Å². The van der Waals surface area contributed by atoms with E-state index in [1.54, 1.807) is 0 Å². The molecule has 13 heteroatoms. The minimum absolute atomic E-state index is 0.230. The smallest absolute Gasteiger partial charge is 0.479 e. The van der Waals surface area contributed by atoms with Gasteiger partial charge in [-0.05, 0) is 12.1 Å². The van der Waals surface area contributed by atoms with Crippen molar-refractivity contribution in [2.24, 2.45) is 0 Å². The van der Waals surface area contributed by atoms with Gasteiger partial charge in [0.2, 0.25) is 0 Å². The lowest BCUT2D eigenvalue weighted by Crippen LogP contribution is -2.46. The summed E-state index contributed by atoms with van der Waals surface area (Å²) in [4.78, 5) is 39.3. The summed E-state index contributed by atoms with van der Waals surface area (Å²) in [7, 11) is 2.88. The van der Waals surface area contributed by atoms with Crippen LogP contribution in [-0.4, -0.2) is 93.7 Å². The van der Waals surface area contributed by atoms with Gasteiger partial charge in [-0.15, -0.1) is 0 Å². The van der Waals surface area contributed by atoms with E-state index in [-0.39, 0.29) is 12.1 Å². The highest BCUT2D eigenvalue weighted by atomic mass is 35.5. The molecule has 9 nitrogen and oxygen atoms in total. The largest absolute Gasteiger partial charge is 0.491 e. The van der Waals surface area contributed by atoms with Crippen LogP contribution < -0.4 is 20.1 Å². The Bertz CT molecular complexity index is 845. The van der Waals surface area contributed by atoms with E-state index in [4.69, 9.17) is 16.3 Å². The molecule has 1 aromatic rings. The lowest BCUT2D eigenvalue weighted by molar-refractivity contribution is -0.189. The second-order valence-corrected chi connectivity index (χ2v) is 7.47. The van der Waals surface area contributed by atoms with Crippen molar-refractivity contribution in [2.75, 3.05) is 60.0 Å². The number of esters is 1. The number of carbonyl (C=O) groups is 3. The Morgan fingerprint density at radius 2 is 1.84 bits per heavy atom. The van der Waals surface area contributed by atoms with Crippen LogP contribution in [0.5, 0.6) is 11.5 Å². The Morgan fingerprint density at radius 3 is 2.44 bits per heavy atom. The minimum Gasteiger partial charge on any atom is -0.479 e. The van der Waals surface area contributed by atoms with E-state index in [2.05, 4.69) is 20.3 Å². The molecule has 1 heterocycles. The number of benzene rings is 1. The molecule has 0 aromatic heterocycles. The molecule has 0 saturated carbocycles. The molecule has 2 rings (SSSR count). The van der Waals surface area contributed by atoms with E-state index < -0.39 is 47.1 Å². The fraction of sp³-hybridized carbons (Fsp3) is 0.526. The zero-order chi connectivity index (χ0) is 23.9. The Kier molecular flexibility index (Phi) is 9.10. The van der Waals surface area contributed by atoms with Crippen molar-refractivity contribution in [2.45, 2.75) is 6.18 Å². The maximum atomic E-state index is 12.7. The van der Waals surface area contributed by atoms with Crippen LogP contribution in [-0.2, 0) is 9.59 Å². The summed E-state index contributed by atoms with van der Waals surface area (Å²) < 4.78 is 47.8. The monoisotopic (exact) mass is 480 g/mol. The molecule has 2 N–H and O–H groups in total. The number of carbonyl (C=O) groups excluding carboxylic acids is 3. The molecule has 0 atom stereocenters. The van der Waals surface area contributed by atoms with E-state index >= 15 is 0 Å². The third-order valence-corrected chi connectivity index (χ3v) is 4.79. The van der Waals surface area contributed by atoms with Crippen LogP contribution in [0, 0.1) is 0 Å². The van der Waals surface area contributed by atoms with Crippen LogP contribution in [0.2, 0.25) is 5.02 Å². The molecule has 2 amide bonds. The topological polar surface area (TPSA) is 100 Å². The quantitative estimate of drug-likeness (QED) is 0.421. The van der Waals surface area contributed by atoms with Crippen LogP contribution in [0.25, 0.3) is 0 Å². The van der Waals surface area contributed by atoms with Crippen LogP contribution in [0.1, 0.15) is 10.4 Å². The Balaban J connectivity index is 2.24. The van der Waals surface area contributed by atoms with Crippen LogP contribution in [0.15, 0.2) is 12.1 Å². The SMILES string of the molecule is CN(C)C(=O)COc1c(C(=O)NCCN2CCNCC2)ccc(Cl)c1OC(=O)C(F)(F)F. The second-order valence-electron chi connectivity index (χ2n) is 7.06. The molecule has 1 aliphatic rings. The van der Waals surface area contributed by atoms with Crippen molar-refractivity contribution in [3.05, 3.63) is 22.7 Å². The van der Waals surface area contributed by atoms with Crippen molar-refractivity contribution < 1.29 is 37.0 Å². The number of amides is 2. The van der Waals surface area contributed by atoms with Gasteiger partial charge in [-0.1, -0.05) is 11.6 Å². The van der Waals surface area contributed by atoms with Gasteiger partial charge in [-0.2, -0.15) is 13.2 Å². The van der Waals surface area contributed by atoms with Crippen molar-refractivity contribution in [3.63, 3.8) is 0 Å². The maximum Gasteiger partial charge on any atom is 0.491 e. The highest BCUT2D eigenvalue weighted by Crippen LogP contribution is 2.39. The number of ether oxygens (including phenoxy) is 2. The predicted octanol–water partition coefficient (Wildman–Crippen LogP) is 0.910. The molecule has 0 unspecified atom stereocenters. The fourth-order valence-corrected chi connectivity index (χ4v) is 2.91. The molecule has 0 spiro atoms. The fourth-order valence-electron chi connectivity index (χ4n) is 2.73. The van der Waals surface area contributed by atoms with E-state index in [0.29, 0.717) is 6.54 Å². The first-order valence-electron chi connectivity index (χ1n) is 9.66. The zero-order valence-corrected chi connectivity index (χ0v) is 18.3. The first kappa shape index (κ1) is 25.7. The van der Waals surface area contributed by atoms with E-state index in [0.717, 1.165) is 32.2 Å². The first-order chi connectivity index (χ1) is 15.0. The first-order valence-corrected chi connectivity index (χ1v) is 10.0. The molecule has 1 aromatic carbocycles. The van der Waals surface area contributed by atoms with Crippen LogP contribution in [0.4, 0.5) is 13.2 Å². The van der Waals surface area contributed by atoms with Gasteiger partial charge in [0.25, 0.3) is 11.8 Å². The number of nitrogens with one attached hydrogen (secondary N) is 2. The number of hydrogen-bond donors (Lipinski definition) is 2. The average Bonchev–Trinajstić information content (AvgIpc) is 2.73. The number of nitrogens with zero attached hydrogens (tertiary/aromatic N) is 2. The summed E-state index contributed by atoms with van der Waals surface area (Å²) in [5.74, 6) is -5.10. The van der Waals surface area contributed by atoms with Crippen molar-refractivity contribution in [1.29, 1.82) is 0 Å². The number of piperazine rings is 1. The van der Waals surface area contributed by atoms with Crippen molar-refractivity contribution in [1.82, 2.24) is 20.4 Å². The van der Waals surface area contributed by atoms with Crippen molar-refractivity contribution in [3.8, 4) is 11.5 Å². The van der Waals surface area contributed by atoms with Gasteiger partial charge in [0.1, 0.15) is 0 Å². The standard InChI is InChI=1S/C19H24ClF3N4O5/c1-26(2)14(28)11-31-15-12(17(29)25-7-10-27-8-5-24-6-9-27)3-4-13(20)16(15)32-18(30)19(21,22)23/h3-4,24H,5-11H2,1-2H3,(H,25,29). The average molecular weight is 481 g/mol. The van der Waals surface area contributed by atoms with Gasteiger partial charge in [-0.3, -0.25) is 14.5 Å². The molecule has 0 aliphatic carbocycles. The van der Waals surface area contributed by atoms with E-state index in [1.807, 2.05) is 0 Å². The molecular formula is C19H24ClF3N4O5. The van der Waals surface area contributed by atoms with Gasteiger partial charge in [0.15, 0.2) is 18.1 Å². The predicted molar refractivity (Wildman–Crippen MR) is 109 cm³/mol. The third-order valence-electron chi connectivity index (χ3n) is 4.50.